The van der Waals surface area contributed by atoms with Crippen LogP contribution in [0.15, 0.2) is 259 Å². The van der Waals surface area contributed by atoms with Crippen LogP contribution in [0.25, 0.3) is 83.6 Å². The molecule has 7 heteroatoms. The largest absolute Gasteiger partial charge is 0.456 e. The number of rotatable bonds is 10. The molecule has 0 atom stereocenters. The molecule has 0 aliphatic rings. The quantitative estimate of drug-likeness (QED) is 0.136. The van der Waals surface area contributed by atoms with Crippen molar-refractivity contribution in [3.05, 3.63) is 255 Å². The fourth-order valence-corrected chi connectivity index (χ4v) is 9.74. The van der Waals surface area contributed by atoms with Gasteiger partial charge in [-0.3, -0.25) is 0 Å². The predicted molar refractivity (Wildman–Crippen MR) is 287 cm³/mol. The van der Waals surface area contributed by atoms with Gasteiger partial charge < -0.3 is 18.8 Å². The summed E-state index contributed by atoms with van der Waals surface area (Å²) in [5.74, 6) is 1.83. The lowest BCUT2D eigenvalue weighted by atomic mass is 10.1. The monoisotopic (exact) mass is 898 g/mol. The Morgan fingerprint density at radius 1 is 0.286 bits per heavy atom. The van der Waals surface area contributed by atoms with Gasteiger partial charge in [-0.15, -0.1) is 0 Å². The van der Waals surface area contributed by atoms with E-state index in [9.17, 15) is 0 Å². The second kappa shape index (κ2) is 17.2. The van der Waals surface area contributed by atoms with Gasteiger partial charge in [0.05, 0.1) is 11.0 Å². The second-order valence-electron chi connectivity index (χ2n) is 17.3. The Balaban J connectivity index is 1.01. The Labute approximate surface area is 404 Å². The van der Waals surface area contributed by atoms with Crippen molar-refractivity contribution in [1.82, 2.24) is 19.5 Å². The first-order chi connectivity index (χ1) is 34.7. The van der Waals surface area contributed by atoms with Crippen LogP contribution in [0.2, 0.25) is 0 Å². The van der Waals surface area contributed by atoms with Gasteiger partial charge in [0, 0.05) is 78.0 Å². The Bertz CT molecular complexity index is 3710. The summed E-state index contributed by atoms with van der Waals surface area (Å²) < 4.78 is 8.94. The SMILES string of the molecule is c1ccc(-c2nc(-c3ccccc3)nc(-c3ccc4oc5ccc(-n6c7ccc(N(c8ccccc8)c8ccccc8)cc7c7cc(N(c8ccccc8)c8ccccc8)ccc76)cc5c4c3)n2)cc1. The number of hydrogen-bond acceptors (Lipinski definition) is 6. The third kappa shape index (κ3) is 7.30. The first kappa shape index (κ1) is 40.7. The van der Waals surface area contributed by atoms with Crippen molar-refractivity contribution in [1.29, 1.82) is 0 Å². The van der Waals surface area contributed by atoms with Gasteiger partial charge in [-0.25, -0.2) is 15.0 Å². The molecule has 3 heterocycles. The van der Waals surface area contributed by atoms with E-state index in [1.165, 1.54) is 0 Å². The van der Waals surface area contributed by atoms with Crippen LogP contribution in [-0.4, -0.2) is 19.5 Å². The van der Waals surface area contributed by atoms with Gasteiger partial charge in [-0.1, -0.05) is 133 Å². The Kier molecular flexibility index (Phi) is 10.0. The van der Waals surface area contributed by atoms with Crippen molar-refractivity contribution < 1.29 is 4.42 Å². The third-order valence-electron chi connectivity index (χ3n) is 13.0. The summed E-state index contributed by atoms with van der Waals surface area (Å²) >= 11 is 0. The fourth-order valence-electron chi connectivity index (χ4n) is 9.74. The molecule has 0 aliphatic heterocycles. The van der Waals surface area contributed by atoms with Gasteiger partial charge in [0.25, 0.3) is 0 Å². The highest BCUT2D eigenvalue weighted by atomic mass is 16.3. The first-order valence-electron chi connectivity index (χ1n) is 23.4. The summed E-state index contributed by atoms with van der Waals surface area (Å²) in [5.41, 5.74) is 13.9. The van der Waals surface area contributed by atoms with E-state index in [0.717, 1.165) is 100 Å². The van der Waals surface area contributed by atoms with Crippen LogP contribution in [0.5, 0.6) is 0 Å². The molecule has 70 heavy (non-hydrogen) atoms. The summed E-state index contributed by atoms with van der Waals surface area (Å²) in [7, 11) is 0. The molecule has 3 aromatic heterocycles. The highest BCUT2D eigenvalue weighted by molar-refractivity contribution is 6.13. The molecule has 0 amide bonds. The smallest absolute Gasteiger partial charge is 0.164 e. The van der Waals surface area contributed by atoms with E-state index in [-0.39, 0.29) is 0 Å². The van der Waals surface area contributed by atoms with Crippen LogP contribution in [0.4, 0.5) is 34.1 Å². The number of hydrogen-bond donors (Lipinski definition) is 0. The molecular weight excluding hydrogens is 857 g/mol. The summed E-state index contributed by atoms with van der Waals surface area (Å²) in [6.45, 7) is 0. The standard InChI is InChI=1S/C63H42N6O/c1-7-19-43(20-8-1)61-64-62(44-21-9-2-10-22-44)66-63(65-61)45-31-37-59-55(39-45)56-42-52(34-38-60(56)70-59)69-57-35-32-50(67(46-23-11-3-12-24-46)47-25-13-4-14-26-47)40-53(57)54-41-51(33-36-58(54)69)68(48-27-15-5-16-28-48)49-29-17-6-18-30-49/h1-42H. The van der Waals surface area contributed by atoms with E-state index in [1.807, 2.05) is 72.8 Å². The van der Waals surface area contributed by atoms with Gasteiger partial charge in [0.1, 0.15) is 11.2 Å². The van der Waals surface area contributed by atoms with Crippen molar-refractivity contribution >= 4 is 77.9 Å². The summed E-state index contributed by atoms with van der Waals surface area (Å²) in [5, 5.41) is 4.23. The van der Waals surface area contributed by atoms with Crippen molar-refractivity contribution in [2.75, 3.05) is 9.80 Å². The Morgan fingerprint density at radius 2 is 0.657 bits per heavy atom. The summed E-state index contributed by atoms with van der Waals surface area (Å²) in [4.78, 5) is 19.7. The first-order valence-corrected chi connectivity index (χ1v) is 23.4. The van der Waals surface area contributed by atoms with Crippen LogP contribution < -0.4 is 9.80 Å². The lowest BCUT2D eigenvalue weighted by Gasteiger charge is -2.26. The number of fused-ring (bicyclic) bond motifs is 6. The molecule has 0 spiro atoms. The topological polar surface area (TPSA) is 63.2 Å². The summed E-state index contributed by atoms with van der Waals surface area (Å²) in [6.07, 6.45) is 0. The molecule has 0 N–H and O–H groups in total. The van der Waals surface area contributed by atoms with E-state index in [2.05, 4.69) is 196 Å². The number of benzene rings is 10. The Morgan fingerprint density at radius 3 is 1.09 bits per heavy atom. The van der Waals surface area contributed by atoms with Crippen molar-refractivity contribution in [2.24, 2.45) is 0 Å². The lowest BCUT2D eigenvalue weighted by Crippen LogP contribution is -2.09. The van der Waals surface area contributed by atoms with Gasteiger partial charge in [-0.05, 0) is 121 Å². The van der Waals surface area contributed by atoms with Gasteiger partial charge in [-0.2, -0.15) is 0 Å². The van der Waals surface area contributed by atoms with Crippen molar-refractivity contribution in [3.63, 3.8) is 0 Å². The minimum absolute atomic E-state index is 0.592. The van der Waals surface area contributed by atoms with Gasteiger partial charge in [0.15, 0.2) is 17.5 Å². The molecule has 330 valence electrons. The minimum Gasteiger partial charge on any atom is -0.456 e. The minimum atomic E-state index is 0.592. The van der Waals surface area contributed by atoms with E-state index in [4.69, 9.17) is 19.4 Å². The maximum atomic E-state index is 6.56. The molecule has 0 fully saturated rings. The zero-order valence-electron chi connectivity index (χ0n) is 37.8. The van der Waals surface area contributed by atoms with Crippen LogP contribution >= 0.6 is 0 Å². The normalized spacial score (nSPS) is 11.4. The molecule has 0 aliphatic carbocycles. The molecule has 13 rings (SSSR count). The van der Waals surface area contributed by atoms with Gasteiger partial charge >= 0.3 is 0 Å². The zero-order valence-corrected chi connectivity index (χ0v) is 37.8. The molecule has 0 radical (unpaired) electrons. The number of furan rings is 1. The highest BCUT2D eigenvalue weighted by Gasteiger charge is 2.21. The molecule has 13 aromatic rings. The van der Waals surface area contributed by atoms with Crippen molar-refractivity contribution in [3.8, 4) is 39.9 Å². The van der Waals surface area contributed by atoms with Gasteiger partial charge in [0.2, 0.25) is 0 Å². The number of anilines is 6. The molecule has 0 saturated heterocycles. The maximum absolute atomic E-state index is 6.56. The molecule has 0 unspecified atom stereocenters. The highest BCUT2D eigenvalue weighted by Crippen LogP contribution is 2.44. The zero-order chi connectivity index (χ0) is 46.4. The lowest BCUT2D eigenvalue weighted by molar-refractivity contribution is 0.669. The molecule has 7 nitrogen and oxygen atoms in total. The Hall–Kier alpha value is -9.59. The number of nitrogens with zero attached hydrogens (tertiary/aromatic N) is 6. The van der Waals surface area contributed by atoms with Crippen LogP contribution in [-0.2, 0) is 0 Å². The average Bonchev–Trinajstić information content (AvgIpc) is 3.97. The van der Waals surface area contributed by atoms with E-state index in [0.29, 0.717) is 17.5 Å². The fraction of sp³-hybridized carbons (Fsp3) is 0. The molecule has 10 aromatic carbocycles. The molecular formula is C63H42N6O. The summed E-state index contributed by atoms with van der Waals surface area (Å²) in [6, 6.07) is 88.9. The third-order valence-corrected chi connectivity index (χ3v) is 13.0. The predicted octanol–water partition coefficient (Wildman–Crippen LogP) is 16.8. The molecule has 0 bridgehead atoms. The average molecular weight is 899 g/mol. The van der Waals surface area contributed by atoms with E-state index in [1.54, 1.807) is 0 Å². The molecule has 0 saturated carbocycles. The van der Waals surface area contributed by atoms with Crippen LogP contribution in [0, 0.1) is 0 Å². The van der Waals surface area contributed by atoms with Crippen LogP contribution in [0.1, 0.15) is 0 Å². The maximum Gasteiger partial charge on any atom is 0.164 e. The van der Waals surface area contributed by atoms with E-state index >= 15 is 0 Å². The van der Waals surface area contributed by atoms with Crippen LogP contribution in [0.3, 0.4) is 0 Å². The number of aromatic nitrogens is 4. The second-order valence-corrected chi connectivity index (χ2v) is 17.3. The van der Waals surface area contributed by atoms with E-state index < -0.39 is 0 Å². The van der Waals surface area contributed by atoms with Crippen molar-refractivity contribution in [2.45, 2.75) is 0 Å². The number of para-hydroxylation sites is 4.